The number of benzene rings is 2. The Labute approximate surface area is 166 Å². The fourth-order valence-corrected chi connectivity index (χ4v) is 2.71. The maximum atomic E-state index is 11.9. The maximum Gasteiger partial charge on any atom is 0.407 e. The number of fused-ring (bicyclic) bond motifs is 1. The molecule has 0 saturated heterocycles. The number of amides is 2. The van der Waals surface area contributed by atoms with Crippen LogP contribution in [-0.4, -0.2) is 23.4 Å². The minimum Gasteiger partial charge on any atom is -0.444 e. The van der Waals surface area contributed by atoms with E-state index >= 15 is 0 Å². The molecule has 2 amide bonds. The third kappa shape index (κ3) is 6.76. The number of alkyl carbamates (subject to hydrolysis) is 2. The van der Waals surface area contributed by atoms with Crippen LogP contribution in [0.2, 0.25) is 0 Å². The molecular weight excluding hydrogens is 356 g/mol. The molecule has 6 heteroatoms. The lowest BCUT2D eigenvalue weighted by Gasteiger charge is -2.20. The first-order chi connectivity index (χ1) is 12.9. The maximum absolute atomic E-state index is 11.9. The lowest BCUT2D eigenvalue weighted by Crippen LogP contribution is -2.32. The van der Waals surface area contributed by atoms with Gasteiger partial charge in [-0.3, -0.25) is 0 Å². The molecule has 0 unspecified atom stereocenters. The summed E-state index contributed by atoms with van der Waals surface area (Å²) in [6.45, 7) is 11.7. The number of hydrogen-bond donors (Lipinski definition) is 2. The second kappa shape index (κ2) is 8.50. The number of ether oxygens (including phenoxy) is 2. The summed E-state index contributed by atoms with van der Waals surface area (Å²) in [5.41, 5.74) is 0.872. The van der Waals surface area contributed by atoms with E-state index in [4.69, 9.17) is 9.47 Å². The molecule has 0 bridgehead atoms. The topological polar surface area (TPSA) is 76.7 Å². The molecule has 0 saturated carbocycles. The summed E-state index contributed by atoms with van der Waals surface area (Å²) in [5.74, 6) is 0. The summed E-state index contributed by atoms with van der Waals surface area (Å²) >= 11 is 0. The second-order valence-corrected chi connectivity index (χ2v) is 8.64. The lowest BCUT2D eigenvalue weighted by atomic mass is 10.00. The van der Waals surface area contributed by atoms with Crippen LogP contribution >= 0.6 is 0 Å². The highest BCUT2D eigenvalue weighted by atomic mass is 16.6. The molecule has 0 atom stereocenters. The Morgan fingerprint density at radius 3 is 1.39 bits per heavy atom. The lowest BCUT2D eigenvalue weighted by molar-refractivity contribution is 0.0512. The standard InChI is InChI=1S/C22H30N2O4/c1-21(2,3)27-19(25)23-13-15-9-7-12-18-16(10-8-11-17(15)18)14-24-20(26)28-22(4,5)6/h7-12H,13-14H2,1-6H3,(H,23,25)(H,24,26). The average molecular weight is 386 g/mol. The van der Waals surface area contributed by atoms with E-state index in [1.165, 1.54) is 0 Å². The molecule has 0 aliphatic heterocycles. The van der Waals surface area contributed by atoms with Gasteiger partial charge in [-0.15, -0.1) is 0 Å². The van der Waals surface area contributed by atoms with E-state index in [1.54, 1.807) is 0 Å². The summed E-state index contributed by atoms with van der Waals surface area (Å²) < 4.78 is 10.6. The normalized spacial score (nSPS) is 11.8. The van der Waals surface area contributed by atoms with Crippen molar-refractivity contribution in [2.75, 3.05) is 0 Å². The third-order valence-electron chi connectivity index (χ3n) is 3.75. The van der Waals surface area contributed by atoms with E-state index in [0.29, 0.717) is 13.1 Å². The van der Waals surface area contributed by atoms with E-state index in [0.717, 1.165) is 21.9 Å². The van der Waals surface area contributed by atoms with Crippen LogP contribution in [0.3, 0.4) is 0 Å². The molecule has 0 aromatic heterocycles. The molecule has 28 heavy (non-hydrogen) atoms. The molecule has 0 radical (unpaired) electrons. The van der Waals surface area contributed by atoms with Gasteiger partial charge in [0.15, 0.2) is 0 Å². The number of carbonyl (C=O) groups excluding carboxylic acids is 2. The van der Waals surface area contributed by atoms with E-state index in [-0.39, 0.29) is 0 Å². The summed E-state index contributed by atoms with van der Waals surface area (Å²) in [4.78, 5) is 23.9. The van der Waals surface area contributed by atoms with Crippen LogP contribution in [0.1, 0.15) is 52.7 Å². The Morgan fingerprint density at radius 2 is 1.07 bits per heavy atom. The van der Waals surface area contributed by atoms with Crippen LogP contribution in [0.15, 0.2) is 36.4 Å². The average Bonchev–Trinajstić information content (AvgIpc) is 2.55. The zero-order chi connectivity index (χ0) is 20.9. The van der Waals surface area contributed by atoms with Crippen molar-refractivity contribution in [1.29, 1.82) is 0 Å². The number of carbonyl (C=O) groups is 2. The van der Waals surface area contributed by atoms with Crippen molar-refractivity contribution in [2.24, 2.45) is 0 Å². The van der Waals surface area contributed by atoms with Crippen LogP contribution < -0.4 is 10.6 Å². The summed E-state index contributed by atoms with van der Waals surface area (Å²) in [6, 6.07) is 11.8. The fraction of sp³-hybridized carbons (Fsp3) is 0.455. The van der Waals surface area contributed by atoms with E-state index in [2.05, 4.69) is 10.6 Å². The first kappa shape index (κ1) is 21.5. The molecule has 152 valence electrons. The Morgan fingerprint density at radius 1 is 0.714 bits per heavy atom. The van der Waals surface area contributed by atoms with E-state index in [9.17, 15) is 9.59 Å². The second-order valence-electron chi connectivity index (χ2n) is 8.64. The molecule has 0 fully saturated rings. The van der Waals surface area contributed by atoms with Crippen LogP contribution in [0.25, 0.3) is 10.8 Å². The van der Waals surface area contributed by atoms with Crippen LogP contribution in [-0.2, 0) is 22.6 Å². The van der Waals surface area contributed by atoms with Crippen molar-refractivity contribution in [3.05, 3.63) is 47.5 Å². The first-order valence-corrected chi connectivity index (χ1v) is 9.38. The predicted octanol–water partition coefficient (Wildman–Crippen LogP) is 4.89. The van der Waals surface area contributed by atoms with Gasteiger partial charge in [0.25, 0.3) is 0 Å². The van der Waals surface area contributed by atoms with Gasteiger partial charge in [-0.25, -0.2) is 9.59 Å². The molecule has 0 aliphatic carbocycles. The molecular formula is C22H30N2O4. The van der Waals surface area contributed by atoms with Crippen LogP contribution in [0.5, 0.6) is 0 Å². The van der Waals surface area contributed by atoms with E-state index < -0.39 is 23.4 Å². The SMILES string of the molecule is CC(C)(C)OC(=O)NCc1cccc2c(CNC(=O)OC(C)(C)C)cccc12. The zero-order valence-corrected chi connectivity index (χ0v) is 17.5. The highest BCUT2D eigenvalue weighted by molar-refractivity contribution is 5.89. The van der Waals surface area contributed by atoms with Crippen LogP contribution in [0.4, 0.5) is 9.59 Å². The zero-order valence-electron chi connectivity index (χ0n) is 17.5. The number of hydrogen-bond acceptors (Lipinski definition) is 4. The molecule has 0 heterocycles. The van der Waals surface area contributed by atoms with Crippen molar-refractivity contribution >= 4 is 23.0 Å². The van der Waals surface area contributed by atoms with Crippen molar-refractivity contribution < 1.29 is 19.1 Å². The van der Waals surface area contributed by atoms with Gasteiger partial charge in [0.2, 0.25) is 0 Å². The summed E-state index contributed by atoms with van der Waals surface area (Å²) in [6.07, 6.45) is -0.903. The Balaban J connectivity index is 2.11. The van der Waals surface area contributed by atoms with Gasteiger partial charge in [0.05, 0.1) is 0 Å². The van der Waals surface area contributed by atoms with Crippen molar-refractivity contribution in [3.8, 4) is 0 Å². The largest absolute Gasteiger partial charge is 0.444 e. The van der Waals surface area contributed by atoms with Gasteiger partial charge < -0.3 is 20.1 Å². The quantitative estimate of drug-likeness (QED) is 0.784. The third-order valence-corrected chi connectivity index (χ3v) is 3.75. The Bertz CT molecular complexity index is 776. The van der Waals surface area contributed by atoms with Crippen molar-refractivity contribution in [2.45, 2.75) is 65.8 Å². The summed E-state index contributed by atoms with van der Waals surface area (Å²) in [5, 5.41) is 7.62. The summed E-state index contributed by atoms with van der Waals surface area (Å²) in [7, 11) is 0. The molecule has 2 aromatic carbocycles. The predicted molar refractivity (Wildman–Crippen MR) is 110 cm³/mol. The first-order valence-electron chi connectivity index (χ1n) is 9.38. The van der Waals surface area contributed by atoms with Gasteiger partial charge in [-0.2, -0.15) is 0 Å². The van der Waals surface area contributed by atoms with Crippen molar-refractivity contribution in [1.82, 2.24) is 10.6 Å². The minimum absolute atomic E-state index is 0.356. The molecule has 0 aliphatic rings. The number of rotatable bonds is 4. The monoisotopic (exact) mass is 386 g/mol. The van der Waals surface area contributed by atoms with Crippen molar-refractivity contribution in [3.63, 3.8) is 0 Å². The minimum atomic E-state index is -0.538. The van der Waals surface area contributed by atoms with Crippen LogP contribution in [0, 0.1) is 0 Å². The van der Waals surface area contributed by atoms with Gasteiger partial charge in [0.1, 0.15) is 11.2 Å². The fourth-order valence-electron chi connectivity index (χ4n) is 2.71. The number of nitrogens with one attached hydrogen (secondary N) is 2. The molecule has 2 N–H and O–H groups in total. The molecule has 6 nitrogen and oxygen atoms in total. The van der Waals surface area contributed by atoms with Gasteiger partial charge >= 0.3 is 12.2 Å². The smallest absolute Gasteiger partial charge is 0.407 e. The van der Waals surface area contributed by atoms with Gasteiger partial charge in [-0.05, 0) is 63.4 Å². The van der Waals surface area contributed by atoms with Gasteiger partial charge in [0, 0.05) is 13.1 Å². The Kier molecular flexibility index (Phi) is 6.54. The Hall–Kier alpha value is -2.76. The van der Waals surface area contributed by atoms with E-state index in [1.807, 2.05) is 77.9 Å². The molecule has 2 rings (SSSR count). The molecule has 0 spiro atoms. The highest BCUT2D eigenvalue weighted by Gasteiger charge is 2.17. The highest BCUT2D eigenvalue weighted by Crippen LogP contribution is 2.23. The van der Waals surface area contributed by atoms with Gasteiger partial charge in [-0.1, -0.05) is 36.4 Å². The molecule has 2 aromatic rings.